The Kier molecular flexibility index (Phi) is 7.58. The second-order valence-corrected chi connectivity index (χ2v) is 11.4. The van der Waals surface area contributed by atoms with Gasteiger partial charge in [0.1, 0.15) is 10.6 Å². The van der Waals surface area contributed by atoms with Crippen molar-refractivity contribution in [2.75, 3.05) is 32.1 Å². The number of nitrogens with zero attached hydrogens (tertiary/aromatic N) is 5. The van der Waals surface area contributed by atoms with Gasteiger partial charge in [-0.1, -0.05) is 6.07 Å². The maximum Gasteiger partial charge on any atom is 0.339 e. The monoisotopic (exact) mass is 555 g/mol. The Bertz CT molecular complexity index is 1650. The van der Waals surface area contributed by atoms with Crippen LogP contribution in [0.5, 0.6) is 5.75 Å². The van der Waals surface area contributed by atoms with E-state index in [1.165, 1.54) is 24.3 Å². The maximum atomic E-state index is 13.0. The molecule has 1 saturated heterocycles. The molecule has 0 radical (unpaired) electrons. The molecule has 0 saturated carbocycles. The molecule has 0 bridgehead atoms. The molecule has 40 heavy (non-hydrogen) atoms. The zero-order valence-electron chi connectivity index (χ0n) is 22.3. The average molecular weight is 556 g/mol. The number of imidazole rings is 1. The number of aromatic nitrogens is 2. The molecule has 0 unspecified atom stereocenters. The van der Waals surface area contributed by atoms with Crippen LogP contribution in [0.25, 0.3) is 11.3 Å². The zero-order valence-corrected chi connectivity index (χ0v) is 23.1. The smallest absolute Gasteiger partial charge is 0.339 e. The SMILES string of the molecule is CN(C)c1ccc(C(=O)N2CCC(n3cncc3-c3ccc(OS(=O)(=O)c4cccc(C#N)c4)cc3)CC2)cc1. The minimum atomic E-state index is -4.08. The second kappa shape index (κ2) is 11.2. The van der Waals surface area contributed by atoms with E-state index in [1.807, 2.05) is 54.2 Å². The molecule has 1 aliphatic rings. The van der Waals surface area contributed by atoms with Gasteiger partial charge >= 0.3 is 10.1 Å². The quantitative estimate of drug-likeness (QED) is 0.303. The van der Waals surface area contributed by atoms with Gasteiger partial charge in [-0.25, -0.2) is 4.98 Å². The van der Waals surface area contributed by atoms with Crippen molar-refractivity contribution in [1.29, 1.82) is 5.26 Å². The molecule has 4 aromatic rings. The Morgan fingerprint density at radius 3 is 2.38 bits per heavy atom. The lowest BCUT2D eigenvalue weighted by Gasteiger charge is -2.33. The molecule has 1 fully saturated rings. The summed E-state index contributed by atoms with van der Waals surface area (Å²) >= 11 is 0. The fourth-order valence-corrected chi connectivity index (χ4v) is 5.81. The van der Waals surface area contributed by atoms with Gasteiger partial charge in [-0.3, -0.25) is 4.79 Å². The third-order valence-electron chi connectivity index (χ3n) is 7.05. The number of hydrogen-bond acceptors (Lipinski definition) is 7. The summed E-state index contributed by atoms with van der Waals surface area (Å²) in [6.45, 7) is 1.29. The van der Waals surface area contributed by atoms with E-state index < -0.39 is 10.1 Å². The first-order valence-electron chi connectivity index (χ1n) is 12.9. The molecule has 1 amide bonds. The van der Waals surface area contributed by atoms with Crippen LogP contribution < -0.4 is 9.08 Å². The normalized spacial score (nSPS) is 14.0. The summed E-state index contributed by atoms with van der Waals surface area (Å²) in [5, 5.41) is 9.05. The lowest BCUT2D eigenvalue weighted by molar-refractivity contribution is 0.0695. The Morgan fingerprint density at radius 2 is 1.73 bits per heavy atom. The Balaban J connectivity index is 1.24. The Hall–Kier alpha value is -4.62. The molecule has 0 N–H and O–H groups in total. The van der Waals surface area contributed by atoms with Crippen molar-refractivity contribution < 1.29 is 17.4 Å². The molecular formula is C30H29N5O4S. The van der Waals surface area contributed by atoms with Crippen LogP contribution in [-0.4, -0.2) is 56.0 Å². The first-order chi connectivity index (χ1) is 19.2. The first kappa shape index (κ1) is 27.0. The standard InChI is InChI=1S/C30H29N5O4S/c1-33(2)25-10-6-24(7-11-25)30(36)34-16-14-26(15-17-34)35-21-32-20-29(35)23-8-12-27(13-9-23)39-40(37,38)28-5-3-4-22(18-28)19-31/h3-13,18,20-21,26H,14-17H2,1-2H3. The van der Waals surface area contributed by atoms with Crippen molar-refractivity contribution in [3.05, 3.63) is 96.4 Å². The fourth-order valence-electron chi connectivity index (χ4n) is 4.83. The molecule has 0 spiro atoms. The summed E-state index contributed by atoms with van der Waals surface area (Å²) in [5.74, 6) is 0.210. The van der Waals surface area contributed by atoms with Crippen LogP contribution >= 0.6 is 0 Å². The molecule has 0 atom stereocenters. The average Bonchev–Trinajstić information content (AvgIpc) is 3.47. The van der Waals surface area contributed by atoms with E-state index in [0.29, 0.717) is 18.7 Å². The number of hydrogen-bond donors (Lipinski definition) is 0. The molecule has 1 aliphatic heterocycles. The Morgan fingerprint density at radius 1 is 1.02 bits per heavy atom. The van der Waals surface area contributed by atoms with E-state index in [1.54, 1.807) is 36.8 Å². The van der Waals surface area contributed by atoms with E-state index in [0.717, 1.165) is 29.8 Å². The van der Waals surface area contributed by atoms with Crippen molar-refractivity contribution in [3.8, 4) is 23.1 Å². The summed E-state index contributed by atoms with van der Waals surface area (Å²) in [4.78, 5) is 21.2. The molecule has 5 rings (SSSR count). The van der Waals surface area contributed by atoms with E-state index in [4.69, 9.17) is 9.44 Å². The number of amides is 1. The number of piperidine rings is 1. The molecule has 204 valence electrons. The maximum absolute atomic E-state index is 13.0. The highest BCUT2D eigenvalue weighted by atomic mass is 32.2. The van der Waals surface area contributed by atoms with Crippen LogP contribution in [0.2, 0.25) is 0 Å². The van der Waals surface area contributed by atoms with Gasteiger partial charge in [-0.15, -0.1) is 0 Å². The first-order valence-corrected chi connectivity index (χ1v) is 14.3. The minimum Gasteiger partial charge on any atom is -0.379 e. The number of anilines is 1. The summed E-state index contributed by atoms with van der Waals surface area (Å²) in [5.41, 5.74) is 3.75. The number of benzene rings is 3. The van der Waals surface area contributed by atoms with Gasteiger partial charge < -0.3 is 18.6 Å². The molecule has 1 aromatic heterocycles. The molecule has 9 nitrogen and oxygen atoms in total. The van der Waals surface area contributed by atoms with Crippen LogP contribution in [0.1, 0.15) is 34.8 Å². The largest absolute Gasteiger partial charge is 0.379 e. The Labute approximate surface area is 234 Å². The van der Waals surface area contributed by atoms with Crippen molar-refractivity contribution in [2.24, 2.45) is 0 Å². The molecule has 3 aromatic carbocycles. The highest BCUT2D eigenvalue weighted by Crippen LogP contribution is 2.31. The number of nitriles is 1. The van der Waals surface area contributed by atoms with Crippen molar-refractivity contribution >= 4 is 21.7 Å². The fraction of sp³-hybridized carbons (Fsp3) is 0.233. The highest BCUT2D eigenvalue weighted by Gasteiger charge is 2.26. The van der Waals surface area contributed by atoms with Gasteiger partial charge in [0.2, 0.25) is 0 Å². The number of likely N-dealkylation sites (tertiary alicyclic amines) is 1. The summed E-state index contributed by atoms with van der Waals surface area (Å²) in [7, 11) is -0.140. The third-order valence-corrected chi connectivity index (χ3v) is 8.29. The van der Waals surface area contributed by atoms with E-state index >= 15 is 0 Å². The van der Waals surface area contributed by atoms with E-state index in [2.05, 4.69) is 9.55 Å². The van der Waals surface area contributed by atoms with E-state index in [9.17, 15) is 13.2 Å². The summed E-state index contributed by atoms with van der Waals surface area (Å²) in [6, 6.07) is 22.3. The van der Waals surface area contributed by atoms with E-state index in [-0.39, 0.29) is 28.2 Å². The summed E-state index contributed by atoms with van der Waals surface area (Å²) < 4.78 is 32.8. The van der Waals surface area contributed by atoms with Crippen LogP contribution in [0, 0.1) is 11.3 Å². The molecular weight excluding hydrogens is 526 g/mol. The predicted octanol–water partition coefficient (Wildman–Crippen LogP) is 4.73. The number of rotatable bonds is 7. The van der Waals surface area contributed by atoms with Crippen LogP contribution in [-0.2, 0) is 10.1 Å². The minimum absolute atomic E-state index is 0.0412. The number of carbonyl (C=O) groups is 1. The van der Waals surface area contributed by atoms with Gasteiger partial charge in [0, 0.05) is 50.0 Å². The predicted molar refractivity (Wildman–Crippen MR) is 152 cm³/mol. The third kappa shape index (κ3) is 5.70. The molecule has 10 heteroatoms. The highest BCUT2D eigenvalue weighted by molar-refractivity contribution is 7.87. The van der Waals surface area contributed by atoms with Crippen LogP contribution in [0.4, 0.5) is 5.69 Å². The lowest BCUT2D eigenvalue weighted by Crippen LogP contribution is -2.39. The van der Waals surface area contributed by atoms with Crippen LogP contribution in [0.15, 0.2) is 90.2 Å². The van der Waals surface area contributed by atoms with Gasteiger partial charge in [0.25, 0.3) is 5.91 Å². The lowest BCUT2D eigenvalue weighted by atomic mass is 10.0. The van der Waals surface area contributed by atoms with Crippen molar-refractivity contribution in [2.45, 2.75) is 23.8 Å². The second-order valence-electron chi connectivity index (χ2n) is 9.85. The molecule has 0 aliphatic carbocycles. The summed E-state index contributed by atoms with van der Waals surface area (Å²) in [6.07, 6.45) is 5.18. The van der Waals surface area contributed by atoms with Crippen LogP contribution in [0.3, 0.4) is 0 Å². The van der Waals surface area contributed by atoms with Gasteiger partial charge in [0.05, 0.1) is 29.9 Å². The van der Waals surface area contributed by atoms with Crippen molar-refractivity contribution in [1.82, 2.24) is 14.5 Å². The van der Waals surface area contributed by atoms with Gasteiger partial charge in [-0.2, -0.15) is 13.7 Å². The van der Waals surface area contributed by atoms with Gasteiger partial charge in [-0.05, 0) is 79.6 Å². The topological polar surface area (TPSA) is 109 Å². The zero-order chi connectivity index (χ0) is 28.3. The number of carbonyl (C=O) groups excluding carboxylic acids is 1. The van der Waals surface area contributed by atoms with Gasteiger partial charge in [0.15, 0.2) is 0 Å². The molecule has 2 heterocycles. The van der Waals surface area contributed by atoms with Crippen molar-refractivity contribution in [3.63, 3.8) is 0 Å².